The third-order valence-corrected chi connectivity index (χ3v) is 2.74. The second-order valence-electron chi connectivity index (χ2n) is 3.41. The number of alkyl halides is 1. The van der Waals surface area contributed by atoms with Crippen molar-refractivity contribution in [3.63, 3.8) is 0 Å². The number of halogens is 1. The average Bonchev–Trinajstić information content (AvgIpc) is 2.28. The van der Waals surface area contributed by atoms with Crippen LogP contribution in [0.15, 0.2) is 12.4 Å². The predicted octanol–water partition coefficient (Wildman–Crippen LogP) is 0.751. The quantitative estimate of drug-likeness (QED) is 0.419. The molecule has 1 rings (SSSR count). The van der Waals surface area contributed by atoms with Crippen LogP contribution >= 0.6 is 15.9 Å². The van der Waals surface area contributed by atoms with Crippen LogP contribution in [-0.2, 0) is 0 Å². The summed E-state index contributed by atoms with van der Waals surface area (Å²) in [5, 5.41) is 30.5. The zero-order valence-corrected chi connectivity index (χ0v) is 10.4. The molecule has 0 saturated heterocycles. The zero-order valence-electron chi connectivity index (χ0n) is 8.78. The first-order valence-electron chi connectivity index (χ1n) is 4.79. The third-order valence-electron chi connectivity index (χ3n) is 2.28. The van der Waals surface area contributed by atoms with Gasteiger partial charge in [-0.25, -0.2) is 0 Å². The maximum absolute atomic E-state index is 10.6. The number of rotatable bonds is 5. The number of hydrogen-bond donors (Lipinski definition) is 3. The van der Waals surface area contributed by atoms with E-state index >= 15 is 0 Å². The van der Waals surface area contributed by atoms with Gasteiger partial charge in [-0.1, -0.05) is 15.9 Å². The summed E-state index contributed by atoms with van der Waals surface area (Å²) < 4.78 is 0. The summed E-state index contributed by atoms with van der Waals surface area (Å²) in [7, 11) is 0. The summed E-state index contributed by atoms with van der Waals surface area (Å²) in [6, 6.07) is 0. The SMILES string of the molecule is Nc1c(C(O)C(O)CCBr)cncc1[N+](=O)[O-]. The van der Waals surface area contributed by atoms with Crippen molar-refractivity contribution in [2.75, 3.05) is 11.1 Å². The summed E-state index contributed by atoms with van der Waals surface area (Å²) >= 11 is 3.12. The van der Waals surface area contributed by atoms with E-state index in [1.807, 2.05) is 0 Å². The number of nitrogen functional groups attached to an aromatic ring is 1. The molecule has 0 aliphatic rings. The number of aliphatic hydroxyl groups excluding tert-OH is 2. The standard InChI is InChI=1S/C9H12BrN3O4/c10-2-1-7(14)9(15)5-3-12-4-6(8(5)11)13(16)17/h3-4,7,9,14-15H,1-2H2,(H2,11,12). The van der Waals surface area contributed by atoms with E-state index in [0.29, 0.717) is 11.8 Å². The smallest absolute Gasteiger partial charge is 0.310 e. The Bertz CT molecular complexity index is 415. The summed E-state index contributed by atoms with van der Waals surface area (Å²) in [6.45, 7) is 0. The molecule has 2 atom stereocenters. The Morgan fingerprint density at radius 1 is 1.53 bits per heavy atom. The van der Waals surface area contributed by atoms with Crippen molar-refractivity contribution >= 4 is 27.3 Å². The van der Waals surface area contributed by atoms with Crippen molar-refractivity contribution in [2.45, 2.75) is 18.6 Å². The van der Waals surface area contributed by atoms with E-state index in [0.717, 1.165) is 6.20 Å². The summed E-state index contributed by atoms with van der Waals surface area (Å²) in [5.74, 6) is 0. The fourth-order valence-corrected chi connectivity index (χ4v) is 1.80. The van der Waals surface area contributed by atoms with E-state index in [-0.39, 0.29) is 16.9 Å². The summed E-state index contributed by atoms with van der Waals surface area (Å²) in [5.41, 5.74) is 5.06. The minimum atomic E-state index is -1.29. The molecule has 2 unspecified atom stereocenters. The summed E-state index contributed by atoms with van der Waals surface area (Å²) in [6.07, 6.45) is 0.163. The maximum atomic E-state index is 10.6. The highest BCUT2D eigenvalue weighted by atomic mass is 79.9. The molecule has 0 aliphatic carbocycles. The first-order valence-corrected chi connectivity index (χ1v) is 5.91. The highest BCUT2D eigenvalue weighted by molar-refractivity contribution is 9.09. The van der Waals surface area contributed by atoms with Gasteiger partial charge in [-0.05, 0) is 6.42 Å². The Hall–Kier alpha value is -1.25. The Kier molecular flexibility index (Phi) is 4.79. The fourth-order valence-electron chi connectivity index (χ4n) is 1.33. The van der Waals surface area contributed by atoms with Gasteiger partial charge < -0.3 is 15.9 Å². The van der Waals surface area contributed by atoms with Crippen LogP contribution in [0.25, 0.3) is 0 Å². The molecule has 7 nitrogen and oxygen atoms in total. The molecule has 1 aromatic rings. The van der Waals surface area contributed by atoms with Crippen molar-refractivity contribution in [3.05, 3.63) is 28.1 Å². The molecule has 0 radical (unpaired) electrons. The van der Waals surface area contributed by atoms with Gasteiger partial charge in [0.1, 0.15) is 18.0 Å². The minimum absolute atomic E-state index is 0.0626. The lowest BCUT2D eigenvalue weighted by molar-refractivity contribution is -0.384. The van der Waals surface area contributed by atoms with Crippen LogP contribution in [0, 0.1) is 10.1 Å². The van der Waals surface area contributed by atoms with Crippen LogP contribution in [0.5, 0.6) is 0 Å². The van der Waals surface area contributed by atoms with Crippen LogP contribution in [0.1, 0.15) is 18.1 Å². The maximum Gasteiger partial charge on any atom is 0.310 e. The molecular weight excluding hydrogens is 294 g/mol. The molecule has 0 spiro atoms. The van der Waals surface area contributed by atoms with Gasteiger partial charge in [0.25, 0.3) is 0 Å². The number of nitro groups is 1. The van der Waals surface area contributed by atoms with Crippen molar-refractivity contribution in [1.29, 1.82) is 0 Å². The first-order chi connectivity index (χ1) is 7.99. The Morgan fingerprint density at radius 3 is 2.71 bits per heavy atom. The number of hydrogen-bond acceptors (Lipinski definition) is 6. The predicted molar refractivity (Wildman–Crippen MR) is 64.7 cm³/mol. The molecule has 0 saturated carbocycles. The third kappa shape index (κ3) is 3.11. The molecule has 4 N–H and O–H groups in total. The summed E-state index contributed by atoms with van der Waals surface area (Å²) in [4.78, 5) is 13.6. The van der Waals surface area contributed by atoms with E-state index in [1.54, 1.807) is 0 Å². The topological polar surface area (TPSA) is 123 Å². The number of pyridine rings is 1. The second kappa shape index (κ2) is 5.89. The lowest BCUT2D eigenvalue weighted by atomic mass is 10.0. The fraction of sp³-hybridized carbons (Fsp3) is 0.444. The average molecular weight is 306 g/mol. The molecule has 0 aliphatic heterocycles. The largest absolute Gasteiger partial charge is 0.393 e. The minimum Gasteiger partial charge on any atom is -0.393 e. The van der Waals surface area contributed by atoms with E-state index in [9.17, 15) is 20.3 Å². The number of aliphatic hydroxyl groups is 2. The molecule has 0 bridgehead atoms. The van der Waals surface area contributed by atoms with Crippen molar-refractivity contribution in [1.82, 2.24) is 4.98 Å². The Balaban J connectivity index is 3.06. The molecule has 94 valence electrons. The molecular formula is C9H12BrN3O4. The van der Waals surface area contributed by atoms with Crippen LogP contribution in [0.2, 0.25) is 0 Å². The zero-order chi connectivity index (χ0) is 13.0. The Labute approximate surface area is 106 Å². The number of aromatic nitrogens is 1. The number of anilines is 1. The van der Waals surface area contributed by atoms with Crippen molar-refractivity contribution in [2.24, 2.45) is 0 Å². The van der Waals surface area contributed by atoms with E-state index in [4.69, 9.17) is 5.73 Å². The van der Waals surface area contributed by atoms with Crippen molar-refractivity contribution < 1.29 is 15.1 Å². The molecule has 17 heavy (non-hydrogen) atoms. The van der Waals surface area contributed by atoms with Crippen LogP contribution in [0.3, 0.4) is 0 Å². The lowest BCUT2D eigenvalue weighted by Crippen LogP contribution is -2.20. The lowest BCUT2D eigenvalue weighted by Gasteiger charge is -2.18. The monoisotopic (exact) mass is 305 g/mol. The van der Waals surface area contributed by atoms with Gasteiger partial charge >= 0.3 is 5.69 Å². The van der Waals surface area contributed by atoms with Gasteiger partial charge in [0.2, 0.25) is 0 Å². The van der Waals surface area contributed by atoms with Crippen LogP contribution < -0.4 is 5.73 Å². The van der Waals surface area contributed by atoms with E-state index in [1.165, 1.54) is 6.20 Å². The van der Waals surface area contributed by atoms with Gasteiger partial charge in [0, 0.05) is 17.1 Å². The van der Waals surface area contributed by atoms with Gasteiger partial charge in [-0.2, -0.15) is 0 Å². The van der Waals surface area contributed by atoms with Crippen molar-refractivity contribution in [3.8, 4) is 0 Å². The van der Waals surface area contributed by atoms with Gasteiger partial charge in [-0.3, -0.25) is 15.1 Å². The molecule has 1 aromatic heterocycles. The second-order valence-corrected chi connectivity index (χ2v) is 4.20. The highest BCUT2D eigenvalue weighted by Crippen LogP contribution is 2.30. The van der Waals surface area contributed by atoms with E-state index in [2.05, 4.69) is 20.9 Å². The molecule has 0 aromatic carbocycles. The van der Waals surface area contributed by atoms with Gasteiger partial charge in [-0.15, -0.1) is 0 Å². The van der Waals surface area contributed by atoms with Gasteiger partial charge in [0.15, 0.2) is 0 Å². The Morgan fingerprint density at radius 2 is 2.18 bits per heavy atom. The molecule has 1 heterocycles. The molecule has 0 amide bonds. The normalized spacial score (nSPS) is 14.3. The first kappa shape index (κ1) is 13.8. The number of nitrogens with zero attached hydrogens (tertiary/aromatic N) is 2. The number of nitrogens with two attached hydrogens (primary N) is 1. The molecule has 0 fully saturated rings. The molecule has 8 heteroatoms. The van der Waals surface area contributed by atoms with Crippen LogP contribution in [0.4, 0.5) is 11.4 Å². The highest BCUT2D eigenvalue weighted by Gasteiger charge is 2.24. The van der Waals surface area contributed by atoms with Crippen LogP contribution in [-0.4, -0.2) is 31.6 Å². The van der Waals surface area contributed by atoms with Gasteiger partial charge in [0.05, 0.1) is 11.0 Å². The van der Waals surface area contributed by atoms with E-state index < -0.39 is 17.1 Å².